The minimum absolute atomic E-state index is 0.220. The van der Waals surface area contributed by atoms with E-state index in [4.69, 9.17) is 20.8 Å². The fourth-order valence-corrected chi connectivity index (χ4v) is 1.73. The van der Waals surface area contributed by atoms with Crippen LogP contribution in [-0.2, 0) is 5.88 Å². The number of hydrogen-bond donors (Lipinski definition) is 1. The van der Waals surface area contributed by atoms with Crippen molar-refractivity contribution in [1.29, 1.82) is 0 Å². The predicted molar refractivity (Wildman–Crippen MR) is 78.4 cm³/mol. The lowest BCUT2D eigenvalue weighted by molar-refractivity contribution is 0.0995. The summed E-state index contributed by atoms with van der Waals surface area (Å²) in [5.41, 5.74) is 0.625. The average molecular weight is 292 g/mol. The molecule has 0 radical (unpaired) electrons. The van der Waals surface area contributed by atoms with Gasteiger partial charge in [0.1, 0.15) is 18.1 Å². The molecular weight excluding hydrogens is 278 g/mol. The number of furan rings is 1. The molecule has 2 aromatic rings. The van der Waals surface area contributed by atoms with Crippen LogP contribution in [-0.4, -0.2) is 12.5 Å². The maximum absolute atomic E-state index is 12.0. The van der Waals surface area contributed by atoms with Crippen LogP contribution in [0.5, 0.6) is 5.75 Å². The molecular formula is C15H14ClNO3. The molecule has 5 heteroatoms. The summed E-state index contributed by atoms with van der Waals surface area (Å²) in [6.45, 7) is 3.99. The van der Waals surface area contributed by atoms with Crippen LogP contribution in [0.25, 0.3) is 0 Å². The molecule has 4 nitrogen and oxygen atoms in total. The summed E-state index contributed by atoms with van der Waals surface area (Å²) >= 11 is 5.62. The third kappa shape index (κ3) is 3.65. The molecule has 0 spiro atoms. The number of benzene rings is 1. The van der Waals surface area contributed by atoms with Crippen LogP contribution in [0.2, 0.25) is 0 Å². The topological polar surface area (TPSA) is 51.5 Å². The van der Waals surface area contributed by atoms with E-state index in [0.29, 0.717) is 23.8 Å². The van der Waals surface area contributed by atoms with Crippen molar-refractivity contribution < 1.29 is 13.9 Å². The number of halogens is 1. The first kappa shape index (κ1) is 14.2. The SMILES string of the molecule is C=CCOc1cccc(NC(=O)c2ccc(CCl)o2)c1. The number of alkyl halides is 1. The highest BCUT2D eigenvalue weighted by molar-refractivity contribution is 6.16. The second-order valence-corrected chi connectivity index (χ2v) is 4.25. The quantitative estimate of drug-likeness (QED) is 0.650. The molecule has 0 bridgehead atoms. The largest absolute Gasteiger partial charge is 0.489 e. The lowest BCUT2D eigenvalue weighted by Crippen LogP contribution is -2.10. The Morgan fingerprint density at radius 3 is 2.95 bits per heavy atom. The Morgan fingerprint density at radius 1 is 1.40 bits per heavy atom. The van der Waals surface area contributed by atoms with Crippen molar-refractivity contribution in [2.24, 2.45) is 0 Å². The second-order valence-electron chi connectivity index (χ2n) is 3.98. The summed E-state index contributed by atoms with van der Waals surface area (Å²) in [7, 11) is 0. The summed E-state index contributed by atoms with van der Waals surface area (Å²) in [5, 5.41) is 2.73. The minimum atomic E-state index is -0.331. The first-order valence-electron chi connectivity index (χ1n) is 6.02. The summed E-state index contributed by atoms with van der Waals surface area (Å²) in [6, 6.07) is 10.4. The molecule has 1 N–H and O–H groups in total. The number of anilines is 1. The Bertz CT molecular complexity index is 607. The Morgan fingerprint density at radius 2 is 2.25 bits per heavy atom. The van der Waals surface area contributed by atoms with E-state index in [1.165, 1.54) is 0 Å². The molecule has 0 unspecified atom stereocenters. The Hall–Kier alpha value is -2.20. The number of carbonyl (C=O) groups excluding carboxylic acids is 1. The highest BCUT2D eigenvalue weighted by Crippen LogP contribution is 2.19. The van der Waals surface area contributed by atoms with Crippen LogP contribution in [0.1, 0.15) is 16.3 Å². The molecule has 20 heavy (non-hydrogen) atoms. The van der Waals surface area contributed by atoms with Crippen LogP contribution in [0.4, 0.5) is 5.69 Å². The Kier molecular flexibility index (Phi) is 4.85. The fourth-order valence-electron chi connectivity index (χ4n) is 1.58. The number of hydrogen-bond acceptors (Lipinski definition) is 3. The summed E-state index contributed by atoms with van der Waals surface area (Å²) in [4.78, 5) is 12.0. The molecule has 1 aromatic carbocycles. The number of nitrogens with one attached hydrogen (secondary N) is 1. The first-order valence-corrected chi connectivity index (χ1v) is 6.56. The first-order chi connectivity index (χ1) is 9.72. The second kappa shape index (κ2) is 6.82. The molecule has 0 aliphatic carbocycles. The Labute approximate surface area is 122 Å². The lowest BCUT2D eigenvalue weighted by Gasteiger charge is -2.07. The lowest BCUT2D eigenvalue weighted by atomic mass is 10.3. The van der Waals surface area contributed by atoms with E-state index < -0.39 is 0 Å². The maximum Gasteiger partial charge on any atom is 0.291 e. The number of ether oxygens (including phenoxy) is 1. The highest BCUT2D eigenvalue weighted by Gasteiger charge is 2.11. The van der Waals surface area contributed by atoms with Crippen molar-refractivity contribution in [3.63, 3.8) is 0 Å². The van der Waals surface area contributed by atoms with Gasteiger partial charge in [0.05, 0.1) is 5.88 Å². The van der Waals surface area contributed by atoms with Gasteiger partial charge in [0, 0.05) is 11.8 Å². The Balaban J connectivity index is 2.05. The van der Waals surface area contributed by atoms with Gasteiger partial charge in [-0.05, 0) is 24.3 Å². The van der Waals surface area contributed by atoms with E-state index in [1.54, 1.807) is 42.5 Å². The molecule has 1 heterocycles. The van der Waals surface area contributed by atoms with E-state index in [9.17, 15) is 4.79 Å². The molecule has 0 saturated carbocycles. The standard InChI is InChI=1S/C15H14ClNO3/c1-2-8-19-12-5-3-4-11(9-12)17-15(18)14-7-6-13(10-16)20-14/h2-7,9H,1,8,10H2,(H,17,18). The van der Waals surface area contributed by atoms with Crippen LogP contribution in [0, 0.1) is 0 Å². The zero-order valence-electron chi connectivity index (χ0n) is 10.8. The van der Waals surface area contributed by atoms with Crippen molar-refractivity contribution in [2.45, 2.75) is 5.88 Å². The molecule has 0 atom stereocenters. The zero-order valence-corrected chi connectivity index (χ0v) is 11.5. The molecule has 0 saturated heterocycles. The molecule has 0 aliphatic heterocycles. The van der Waals surface area contributed by atoms with Gasteiger partial charge in [0.2, 0.25) is 0 Å². The van der Waals surface area contributed by atoms with Gasteiger partial charge < -0.3 is 14.5 Å². The minimum Gasteiger partial charge on any atom is -0.489 e. The van der Waals surface area contributed by atoms with Crippen molar-refractivity contribution >= 4 is 23.2 Å². The maximum atomic E-state index is 12.0. The number of carbonyl (C=O) groups is 1. The van der Waals surface area contributed by atoms with Crippen LogP contribution in [0.3, 0.4) is 0 Å². The molecule has 0 aliphatic rings. The van der Waals surface area contributed by atoms with E-state index in [1.807, 2.05) is 0 Å². The average Bonchev–Trinajstić information content (AvgIpc) is 2.94. The van der Waals surface area contributed by atoms with Crippen LogP contribution < -0.4 is 10.1 Å². The summed E-state index contributed by atoms with van der Waals surface area (Å²) in [5.74, 6) is 1.34. The monoisotopic (exact) mass is 291 g/mol. The van der Waals surface area contributed by atoms with Crippen molar-refractivity contribution in [2.75, 3.05) is 11.9 Å². The van der Waals surface area contributed by atoms with Gasteiger partial charge in [-0.1, -0.05) is 18.7 Å². The normalized spacial score (nSPS) is 10.1. The van der Waals surface area contributed by atoms with Gasteiger partial charge in [0.25, 0.3) is 5.91 Å². The van der Waals surface area contributed by atoms with Crippen LogP contribution in [0.15, 0.2) is 53.5 Å². The molecule has 0 fully saturated rings. The molecule has 1 amide bonds. The van der Waals surface area contributed by atoms with Gasteiger partial charge in [-0.15, -0.1) is 11.6 Å². The zero-order chi connectivity index (χ0) is 14.4. The van der Waals surface area contributed by atoms with Gasteiger partial charge in [-0.25, -0.2) is 0 Å². The van der Waals surface area contributed by atoms with Gasteiger partial charge >= 0.3 is 0 Å². The third-order valence-electron chi connectivity index (χ3n) is 2.48. The van der Waals surface area contributed by atoms with E-state index in [2.05, 4.69) is 11.9 Å². The molecule has 2 rings (SSSR count). The number of amides is 1. The third-order valence-corrected chi connectivity index (χ3v) is 2.74. The number of rotatable bonds is 6. The van der Waals surface area contributed by atoms with Crippen molar-refractivity contribution in [1.82, 2.24) is 0 Å². The van der Waals surface area contributed by atoms with Crippen molar-refractivity contribution in [3.05, 3.63) is 60.6 Å². The van der Waals surface area contributed by atoms with Gasteiger partial charge in [-0.3, -0.25) is 4.79 Å². The summed E-state index contributed by atoms with van der Waals surface area (Å²) < 4.78 is 10.7. The van der Waals surface area contributed by atoms with E-state index in [0.717, 1.165) is 0 Å². The molecule has 1 aromatic heterocycles. The van der Waals surface area contributed by atoms with Gasteiger partial charge in [-0.2, -0.15) is 0 Å². The van der Waals surface area contributed by atoms with Crippen LogP contribution >= 0.6 is 11.6 Å². The smallest absolute Gasteiger partial charge is 0.291 e. The summed E-state index contributed by atoms with van der Waals surface area (Å²) in [6.07, 6.45) is 1.65. The predicted octanol–water partition coefficient (Wildman–Crippen LogP) is 3.84. The fraction of sp³-hybridized carbons (Fsp3) is 0.133. The van der Waals surface area contributed by atoms with E-state index in [-0.39, 0.29) is 17.5 Å². The molecule has 104 valence electrons. The van der Waals surface area contributed by atoms with Crippen molar-refractivity contribution in [3.8, 4) is 5.75 Å². The highest BCUT2D eigenvalue weighted by atomic mass is 35.5. The van der Waals surface area contributed by atoms with E-state index >= 15 is 0 Å². The van der Waals surface area contributed by atoms with Gasteiger partial charge in [0.15, 0.2) is 5.76 Å².